The zero-order valence-corrected chi connectivity index (χ0v) is 11.5. The Kier molecular flexibility index (Phi) is 5.78. The van der Waals surface area contributed by atoms with Crippen molar-refractivity contribution >= 4 is 21.7 Å². The average molecular weight is 286 g/mol. The number of unbranched alkanes of at least 4 members (excludes halogenated alkanes) is 1. The van der Waals surface area contributed by atoms with Crippen molar-refractivity contribution < 1.29 is 18.3 Å². The van der Waals surface area contributed by atoms with Crippen molar-refractivity contribution in [2.75, 3.05) is 18.9 Å². The lowest BCUT2D eigenvalue weighted by Gasteiger charge is -2.07. The summed E-state index contributed by atoms with van der Waals surface area (Å²) >= 11 is 0. The molecule has 0 aromatic heterocycles. The van der Waals surface area contributed by atoms with E-state index in [0.29, 0.717) is 13.0 Å². The minimum atomic E-state index is -3.40. The lowest BCUT2D eigenvalue weighted by atomic mass is 10.2. The summed E-state index contributed by atoms with van der Waals surface area (Å²) in [6, 6.07) is 6.40. The molecule has 0 bridgehead atoms. The third-order valence-electron chi connectivity index (χ3n) is 2.58. The molecule has 106 valence electrons. The summed E-state index contributed by atoms with van der Waals surface area (Å²) in [6.45, 7) is 0.658. The van der Waals surface area contributed by atoms with Gasteiger partial charge in [-0.05, 0) is 44.2 Å². The molecule has 0 amide bonds. The fourth-order valence-corrected chi connectivity index (χ4v) is 2.23. The summed E-state index contributed by atoms with van der Waals surface area (Å²) in [7, 11) is -2.03. The molecule has 6 nitrogen and oxygen atoms in total. The van der Waals surface area contributed by atoms with Crippen molar-refractivity contribution in [2.24, 2.45) is 0 Å². The van der Waals surface area contributed by atoms with Crippen LogP contribution in [-0.4, -0.2) is 33.1 Å². The van der Waals surface area contributed by atoms with Gasteiger partial charge in [0.2, 0.25) is 10.0 Å². The molecule has 0 saturated heterocycles. The highest BCUT2D eigenvalue weighted by molar-refractivity contribution is 7.89. The molecule has 1 aromatic carbocycles. The van der Waals surface area contributed by atoms with E-state index < -0.39 is 16.0 Å². The SMILES string of the molecule is CNS(=O)(=O)c1ccc(NCCCCC(=O)O)cc1. The fraction of sp³-hybridized carbons (Fsp3) is 0.417. The number of carbonyl (C=O) groups is 1. The highest BCUT2D eigenvalue weighted by Gasteiger charge is 2.09. The number of nitrogens with one attached hydrogen (secondary N) is 2. The highest BCUT2D eigenvalue weighted by Crippen LogP contribution is 2.13. The van der Waals surface area contributed by atoms with Crippen molar-refractivity contribution in [3.63, 3.8) is 0 Å². The van der Waals surface area contributed by atoms with Gasteiger partial charge in [0.05, 0.1) is 4.90 Å². The van der Waals surface area contributed by atoms with Crippen molar-refractivity contribution in [3.8, 4) is 0 Å². The predicted octanol–water partition coefficient (Wildman–Crippen LogP) is 1.26. The van der Waals surface area contributed by atoms with Crippen LogP contribution in [0.4, 0.5) is 5.69 Å². The summed E-state index contributed by atoms with van der Waals surface area (Å²) in [5, 5.41) is 11.6. The van der Waals surface area contributed by atoms with Crippen LogP contribution in [0.1, 0.15) is 19.3 Å². The highest BCUT2D eigenvalue weighted by atomic mass is 32.2. The van der Waals surface area contributed by atoms with E-state index in [1.807, 2.05) is 0 Å². The number of benzene rings is 1. The van der Waals surface area contributed by atoms with Crippen LogP contribution >= 0.6 is 0 Å². The number of hydrogen-bond donors (Lipinski definition) is 3. The van der Waals surface area contributed by atoms with Gasteiger partial charge in [-0.3, -0.25) is 4.79 Å². The van der Waals surface area contributed by atoms with Gasteiger partial charge in [-0.2, -0.15) is 0 Å². The topological polar surface area (TPSA) is 95.5 Å². The number of hydrogen-bond acceptors (Lipinski definition) is 4. The second kappa shape index (κ2) is 7.10. The third kappa shape index (κ3) is 5.27. The van der Waals surface area contributed by atoms with Crippen LogP contribution in [-0.2, 0) is 14.8 Å². The molecule has 7 heteroatoms. The molecule has 0 radical (unpaired) electrons. The van der Waals surface area contributed by atoms with Gasteiger partial charge in [0.25, 0.3) is 0 Å². The lowest BCUT2D eigenvalue weighted by Crippen LogP contribution is -2.18. The maximum atomic E-state index is 11.5. The van der Waals surface area contributed by atoms with E-state index in [1.54, 1.807) is 12.1 Å². The molecule has 0 atom stereocenters. The van der Waals surface area contributed by atoms with Gasteiger partial charge in [-0.1, -0.05) is 0 Å². The van der Waals surface area contributed by atoms with Crippen molar-refractivity contribution in [3.05, 3.63) is 24.3 Å². The Labute approximate surface area is 112 Å². The summed E-state index contributed by atoms with van der Waals surface area (Å²) in [6.07, 6.45) is 1.54. The summed E-state index contributed by atoms with van der Waals surface area (Å²) < 4.78 is 25.2. The maximum absolute atomic E-state index is 11.5. The van der Waals surface area contributed by atoms with Crippen LogP contribution in [0, 0.1) is 0 Å². The molecule has 0 spiro atoms. The van der Waals surface area contributed by atoms with E-state index in [1.165, 1.54) is 19.2 Å². The van der Waals surface area contributed by atoms with Gasteiger partial charge >= 0.3 is 5.97 Å². The lowest BCUT2D eigenvalue weighted by molar-refractivity contribution is -0.137. The molecule has 0 aliphatic carbocycles. The smallest absolute Gasteiger partial charge is 0.303 e. The minimum absolute atomic E-state index is 0.168. The molecule has 3 N–H and O–H groups in total. The van der Waals surface area contributed by atoms with Gasteiger partial charge < -0.3 is 10.4 Å². The Bertz CT molecular complexity index is 511. The van der Waals surface area contributed by atoms with Crippen LogP contribution < -0.4 is 10.0 Å². The number of carboxylic acids is 1. The summed E-state index contributed by atoms with van der Waals surface area (Å²) in [5.41, 5.74) is 0.811. The van der Waals surface area contributed by atoms with E-state index in [9.17, 15) is 13.2 Å². The first-order valence-electron chi connectivity index (χ1n) is 5.95. The standard InChI is InChI=1S/C12H18N2O4S/c1-13-19(17,18)11-7-5-10(6-8-11)14-9-3-2-4-12(15)16/h5-8,13-14H,2-4,9H2,1H3,(H,15,16). The van der Waals surface area contributed by atoms with E-state index in [4.69, 9.17) is 5.11 Å². The van der Waals surface area contributed by atoms with Crippen molar-refractivity contribution in [1.82, 2.24) is 4.72 Å². The molecule has 0 heterocycles. The van der Waals surface area contributed by atoms with Crippen LogP contribution in [0.2, 0.25) is 0 Å². The predicted molar refractivity (Wildman–Crippen MR) is 72.7 cm³/mol. The molecule has 1 rings (SSSR count). The largest absolute Gasteiger partial charge is 0.481 e. The van der Waals surface area contributed by atoms with E-state index in [-0.39, 0.29) is 11.3 Å². The van der Waals surface area contributed by atoms with Crippen LogP contribution in [0.25, 0.3) is 0 Å². The maximum Gasteiger partial charge on any atom is 0.303 e. The summed E-state index contributed by atoms with van der Waals surface area (Å²) in [4.78, 5) is 10.5. The van der Waals surface area contributed by atoms with Gasteiger partial charge in [0.15, 0.2) is 0 Å². The van der Waals surface area contributed by atoms with E-state index >= 15 is 0 Å². The first-order valence-corrected chi connectivity index (χ1v) is 7.43. The molecule has 19 heavy (non-hydrogen) atoms. The molecule has 0 unspecified atom stereocenters. The second-order valence-electron chi connectivity index (χ2n) is 4.01. The van der Waals surface area contributed by atoms with Gasteiger partial charge in [0.1, 0.15) is 0 Å². The molecular weight excluding hydrogens is 268 g/mol. The zero-order chi connectivity index (χ0) is 14.3. The number of anilines is 1. The Morgan fingerprint density at radius 3 is 2.37 bits per heavy atom. The minimum Gasteiger partial charge on any atom is -0.481 e. The monoisotopic (exact) mass is 286 g/mol. The van der Waals surface area contributed by atoms with Gasteiger partial charge in [0, 0.05) is 18.7 Å². The van der Waals surface area contributed by atoms with Crippen LogP contribution in [0.15, 0.2) is 29.2 Å². The number of carboxylic acid groups (broad SMARTS) is 1. The molecule has 1 aromatic rings. The quantitative estimate of drug-likeness (QED) is 0.625. The third-order valence-corrected chi connectivity index (χ3v) is 4.01. The summed E-state index contributed by atoms with van der Waals surface area (Å²) in [5.74, 6) is -0.790. The van der Waals surface area contributed by atoms with Crippen LogP contribution in [0.5, 0.6) is 0 Å². The van der Waals surface area contributed by atoms with Gasteiger partial charge in [-0.25, -0.2) is 13.1 Å². The first kappa shape index (κ1) is 15.5. The molecule has 0 fully saturated rings. The van der Waals surface area contributed by atoms with Gasteiger partial charge in [-0.15, -0.1) is 0 Å². The normalized spacial score (nSPS) is 11.2. The Hall–Kier alpha value is -1.60. The number of sulfonamides is 1. The Morgan fingerprint density at radius 2 is 1.84 bits per heavy atom. The number of rotatable bonds is 8. The average Bonchev–Trinajstić information content (AvgIpc) is 2.38. The second-order valence-corrected chi connectivity index (χ2v) is 5.90. The molecule has 0 aliphatic rings. The first-order chi connectivity index (χ1) is 8.95. The van der Waals surface area contributed by atoms with Crippen molar-refractivity contribution in [1.29, 1.82) is 0 Å². The van der Waals surface area contributed by atoms with Crippen LogP contribution in [0.3, 0.4) is 0 Å². The molecule has 0 saturated carbocycles. The van der Waals surface area contributed by atoms with Crippen molar-refractivity contribution in [2.45, 2.75) is 24.2 Å². The van der Waals surface area contributed by atoms with E-state index in [0.717, 1.165) is 12.1 Å². The molecule has 0 aliphatic heterocycles. The Balaban J connectivity index is 2.43. The Morgan fingerprint density at radius 1 is 1.21 bits per heavy atom. The fourth-order valence-electron chi connectivity index (χ4n) is 1.50. The zero-order valence-electron chi connectivity index (χ0n) is 10.7. The molecular formula is C12H18N2O4S. The van der Waals surface area contributed by atoms with E-state index in [2.05, 4.69) is 10.0 Å². The number of aliphatic carboxylic acids is 1.